The van der Waals surface area contributed by atoms with Crippen LogP contribution in [0, 0.1) is 13.8 Å². The molecule has 0 fully saturated rings. The standard InChI is InChI=1S/C14H18N2O/c1-11-3-4-12(2)16(11)15-9-13-5-7-14(10-17)8-6-13/h3-8,15,17H,9-10H2,1-2H3. The van der Waals surface area contributed by atoms with Crippen LogP contribution in [0.4, 0.5) is 0 Å². The molecule has 90 valence electrons. The molecule has 0 amide bonds. The summed E-state index contributed by atoms with van der Waals surface area (Å²) in [7, 11) is 0. The lowest BCUT2D eigenvalue weighted by Crippen LogP contribution is -2.16. The van der Waals surface area contributed by atoms with Crippen molar-refractivity contribution in [3.05, 3.63) is 58.9 Å². The molecule has 1 heterocycles. The molecule has 0 radical (unpaired) electrons. The van der Waals surface area contributed by atoms with E-state index in [-0.39, 0.29) is 6.61 Å². The summed E-state index contributed by atoms with van der Waals surface area (Å²) in [6.07, 6.45) is 0. The topological polar surface area (TPSA) is 37.2 Å². The molecule has 1 aromatic heterocycles. The van der Waals surface area contributed by atoms with Crippen LogP contribution in [0.15, 0.2) is 36.4 Å². The number of hydrogen-bond acceptors (Lipinski definition) is 2. The van der Waals surface area contributed by atoms with Crippen molar-refractivity contribution in [1.82, 2.24) is 4.68 Å². The molecule has 0 aliphatic heterocycles. The van der Waals surface area contributed by atoms with E-state index in [0.29, 0.717) is 0 Å². The smallest absolute Gasteiger partial charge is 0.0681 e. The number of aliphatic hydroxyl groups is 1. The Labute approximate surface area is 102 Å². The largest absolute Gasteiger partial charge is 0.392 e. The number of nitrogens with zero attached hydrogens (tertiary/aromatic N) is 1. The highest BCUT2D eigenvalue weighted by Gasteiger charge is 2.00. The van der Waals surface area contributed by atoms with E-state index in [9.17, 15) is 0 Å². The van der Waals surface area contributed by atoms with E-state index in [1.165, 1.54) is 17.0 Å². The molecule has 1 aromatic carbocycles. The zero-order valence-electron chi connectivity index (χ0n) is 10.3. The van der Waals surface area contributed by atoms with Crippen LogP contribution < -0.4 is 5.43 Å². The predicted molar refractivity (Wildman–Crippen MR) is 69.3 cm³/mol. The van der Waals surface area contributed by atoms with Gasteiger partial charge in [0.25, 0.3) is 0 Å². The van der Waals surface area contributed by atoms with Crippen molar-refractivity contribution in [1.29, 1.82) is 0 Å². The SMILES string of the molecule is Cc1ccc(C)n1NCc1ccc(CO)cc1. The summed E-state index contributed by atoms with van der Waals surface area (Å²) in [4.78, 5) is 0. The number of rotatable bonds is 4. The maximum absolute atomic E-state index is 8.96. The summed E-state index contributed by atoms with van der Waals surface area (Å²) >= 11 is 0. The first kappa shape index (κ1) is 11.7. The molecule has 2 N–H and O–H groups in total. The van der Waals surface area contributed by atoms with Crippen LogP contribution >= 0.6 is 0 Å². The predicted octanol–water partition coefficient (Wildman–Crippen LogP) is 2.34. The third-order valence-electron chi connectivity index (χ3n) is 2.92. The van der Waals surface area contributed by atoms with Crippen molar-refractivity contribution in [3.63, 3.8) is 0 Å². The first-order valence-electron chi connectivity index (χ1n) is 5.78. The Bertz CT molecular complexity index is 466. The molecule has 2 aromatic rings. The van der Waals surface area contributed by atoms with Gasteiger partial charge in [0.05, 0.1) is 13.2 Å². The van der Waals surface area contributed by atoms with E-state index in [4.69, 9.17) is 5.11 Å². The fourth-order valence-electron chi connectivity index (χ4n) is 1.85. The van der Waals surface area contributed by atoms with E-state index >= 15 is 0 Å². The van der Waals surface area contributed by atoms with Crippen molar-refractivity contribution in [2.75, 3.05) is 5.43 Å². The first-order valence-corrected chi connectivity index (χ1v) is 5.78. The van der Waals surface area contributed by atoms with Gasteiger partial charge in [0.2, 0.25) is 0 Å². The number of nitrogens with one attached hydrogen (secondary N) is 1. The second kappa shape index (κ2) is 5.06. The summed E-state index contributed by atoms with van der Waals surface area (Å²) < 4.78 is 2.08. The fourth-order valence-corrected chi connectivity index (χ4v) is 1.85. The molecular formula is C14H18N2O. The van der Waals surface area contributed by atoms with E-state index in [0.717, 1.165) is 12.1 Å². The number of aromatic nitrogens is 1. The Morgan fingerprint density at radius 3 is 2.00 bits per heavy atom. The van der Waals surface area contributed by atoms with Crippen LogP contribution in [0.3, 0.4) is 0 Å². The summed E-state index contributed by atoms with van der Waals surface area (Å²) in [6.45, 7) is 5.04. The van der Waals surface area contributed by atoms with Gasteiger partial charge in [-0.25, -0.2) is 0 Å². The van der Waals surface area contributed by atoms with Crippen LogP contribution in [0.1, 0.15) is 22.5 Å². The number of hydrogen-bond donors (Lipinski definition) is 2. The maximum atomic E-state index is 8.96. The molecule has 0 saturated carbocycles. The molecule has 0 spiro atoms. The van der Waals surface area contributed by atoms with Gasteiger partial charge in [0, 0.05) is 11.4 Å². The lowest BCUT2D eigenvalue weighted by atomic mass is 10.1. The minimum atomic E-state index is 0.101. The zero-order chi connectivity index (χ0) is 12.3. The normalized spacial score (nSPS) is 10.5. The van der Waals surface area contributed by atoms with Gasteiger partial charge in [0.15, 0.2) is 0 Å². The zero-order valence-corrected chi connectivity index (χ0v) is 10.3. The quantitative estimate of drug-likeness (QED) is 0.846. The second-order valence-corrected chi connectivity index (χ2v) is 4.26. The minimum absolute atomic E-state index is 0.101. The van der Waals surface area contributed by atoms with Crippen molar-refractivity contribution in [3.8, 4) is 0 Å². The fraction of sp³-hybridized carbons (Fsp3) is 0.286. The molecule has 3 nitrogen and oxygen atoms in total. The van der Waals surface area contributed by atoms with Crippen molar-refractivity contribution in [2.24, 2.45) is 0 Å². The Balaban J connectivity index is 2.02. The summed E-state index contributed by atoms with van der Waals surface area (Å²) in [5.41, 5.74) is 7.93. The Kier molecular flexibility index (Phi) is 3.49. The monoisotopic (exact) mass is 230 g/mol. The average molecular weight is 230 g/mol. The molecule has 0 aliphatic carbocycles. The molecule has 2 rings (SSSR count). The van der Waals surface area contributed by atoms with Crippen LogP contribution in [0.2, 0.25) is 0 Å². The van der Waals surface area contributed by atoms with Gasteiger partial charge in [-0.05, 0) is 37.1 Å². The van der Waals surface area contributed by atoms with E-state index in [1.807, 2.05) is 24.3 Å². The van der Waals surface area contributed by atoms with Crippen molar-refractivity contribution < 1.29 is 5.11 Å². The van der Waals surface area contributed by atoms with Crippen LogP contribution in [-0.2, 0) is 13.2 Å². The highest BCUT2D eigenvalue weighted by molar-refractivity contribution is 5.23. The maximum Gasteiger partial charge on any atom is 0.0681 e. The molecule has 17 heavy (non-hydrogen) atoms. The molecule has 0 atom stereocenters. The van der Waals surface area contributed by atoms with Gasteiger partial charge >= 0.3 is 0 Å². The molecule has 0 aliphatic rings. The van der Waals surface area contributed by atoms with Crippen molar-refractivity contribution in [2.45, 2.75) is 27.0 Å². The van der Waals surface area contributed by atoms with E-state index in [1.54, 1.807) is 0 Å². The van der Waals surface area contributed by atoms with Crippen LogP contribution in [-0.4, -0.2) is 9.78 Å². The molecule has 0 saturated heterocycles. The summed E-state index contributed by atoms with van der Waals surface area (Å²) in [6, 6.07) is 12.2. The number of aliphatic hydroxyl groups excluding tert-OH is 1. The highest BCUT2D eigenvalue weighted by atomic mass is 16.3. The molecule has 0 bridgehead atoms. The number of benzene rings is 1. The average Bonchev–Trinajstić information content (AvgIpc) is 2.67. The molecule has 0 unspecified atom stereocenters. The lowest BCUT2D eigenvalue weighted by molar-refractivity contribution is 0.282. The Hall–Kier alpha value is -1.74. The minimum Gasteiger partial charge on any atom is -0.392 e. The van der Waals surface area contributed by atoms with Crippen LogP contribution in [0.5, 0.6) is 0 Å². The van der Waals surface area contributed by atoms with Gasteiger partial charge in [-0.1, -0.05) is 24.3 Å². The lowest BCUT2D eigenvalue weighted by Gasteiger charge is -2.12. The Morgan fingerprint density at radius 2 is 1.47 bits per heavy atom. The molecular weight excluding hydrogens is 212 g/mol. The third kappa shape index (κ3) is 2.68. The second-order valence-electron chi connectivity index (χ2n) is 4.26. The summed E-state index contributed by atoms with van der Waals surface area (Å²) in [5, 5.41) is 8.96. The third-order valence-corrected chi connectivity index (χ3v) is 2.92. The van der Waals surface area contributed by atoms with Crippen LogP contribution in [0.25, 0.3) is 0 Å². The molecule has 3 heteroatoms. The Morgan fingerprint density at radius 1 is 0.941 bits per heavy atom. The van der Waals surface area contributed by atoms with Gasteiger partial charge in [0.1, 0.15) is 0 Å². The highest BCUT2D eigenvalue weighted by Crippen LogP contribution is 2.07. The van der Waals surface area contributed by atoms with Gasteiger partial charge in [-0.3, -0.25) is 4.68 Å². The first-order chi connectivity index (χ1) is 8.20. The van der Waals surface area contributed by atoms with E-state index in [2.05, 4.69) is 36.1 Å². The van der Waals surface area contributed by atoms with Crippen molar-refractivity contribution >= 4 is 0 Å². The van der Waals surface area contributed by atoms with Gasteiger partial charge in [-0.2, -0.15) is 0 Å². The van der Waals surface area contributed by atoms with Gasteiger partial charge < -0.3 is 10.5 Å². The van der Waals surface area contributed by atoms with E-state index < -0.39 is 0 Å². The number of aryl methyl sites for hydroxylation is 2. The summed E-state index contributed by atoms with van der Waals surface area (Å²) in [5.74, 6) is 0. The van der Waals surface area contributed by atoms with Gasteiger partial charge in [-0.15, -0.1) is 0 Å².